The normalized spacial score (nSPS) is 16.5. The monoisotopic (exact) mass is 358 g/mol. The summed E-state index contributed by atoms with van der Waals surface area (Å²) in [5.74, 6) is 1.42. The van der Waals surface area contributed by atoms with Gasteiger partial charge in [0.25, 0.3) is 0 Å². The van der Waals surface area contributed by atoms with Crippen LogP contribution in [-0.2, 0) is 16.1 Å². The number of aryl methyl sites for hydroxylation is 1. The van der Waals surface area contributed by atoms with Crippen LogP contribution >= 0.6 is 11.8 Å². The molecule has 0 radical (unpaired) electrons. The minimum absolute atomic E-state index is 0.0295. The van der Waals surface area contributed by atoms with Crippen LogP contribution in [0.5, 0.6) is 0 Å². The number of hydrogen-bond donors (Lipinski definition) is 1. The standard InChI is InChI=1S/C19H22N2O3S/c1-12(2)21(11-14-9-8-13(3)24-14)18(22)10-17-19(23)20-15-6-4-5-7-16(15)25-17/h4-9,12,17H,10-11H2,1-3H3,(H,20,23). The maximum absolute atomic E-state index is 12.8. The van der Waals surface area contributed by atoms with Crippen LogP contribution < -0.4 is 5.32 Å². The van der Waals surface area contributed by atoms with Crippen molar-refractivity contribution in [2.45, 2.75) is 49.9 Å². The molecule has 5 nitrogen and oxygen atoms in total. The van der Waals surface area contributed by atoms with Gasteiger partial charge in [0.15, 0.2) is 0 Å². The molecule has 1 atom stereocenters. The largest absolute Gasteiger partial charge is 0.464 e. The minimum Gasteiger partial charge on any atom is -0.464 e. The Labute approximate surface area is 151 Å². The number of hydrogen-bond acceptors (Lipinski definition) is 4. The van der Waals surface area contributed by atoms with Gasteiger partial charge >= 0.3 is 0 Å². The molecule has 0 bridgehead atoms. The van der Waals surface area contributed by atoms with E-state index in [9.17, 15) is 9.59 Å². The summed E-state index contributed by atoms with van der Waals surface area (Å²) in [7, 11) is 0. The molecular formula is C19H22N2O3S. The molecule has 6 heteroatoms. The van der Waals surface area contributed by atoms with Crippen molar-refractivity contribution >= 4 is 29.3 Å². The first kappa shape index (κ1) is 17.6. The summed E-state index contributed by atoms with van der Waals surface area (Å²) in [6.07, 6.45) is 0.169. The van der Waals surface area contributed by atoms with Crippen molar-refractivity contribution in [3.63, 3.8) is 0 Å². The van der Waals surface area contributed by atoms with E-state index in [1.54, 1.807) is 4.90 Å². The Balaban J connectivity index is 1.70. The summed E-state index contributed by atoms with van der Waals surface area (Å²) in [4.78, 5) is 27.9. The first-order valence-corrected chi connectivity index (χ1v) is 9.23. The van der Waals surface area contributed by atoms with E-state index in [0.29, 0.717) is 6.54 Å². The number of carbonyl (C=O) groups excluding carboxylic acids is 2. The molecule has 2 amide bonds. The molecule has 25 heavy (non-hydrogen) atoms. The van der Waals surface area contributed by atoms with Gasteiger partial charge in [0.05, 0.1) is 17.5 Å². The van der Waals surface area contributed by atoms with Crippen LogP contribution in [0.3, 0.4) is 0 Å². The second-order valence-corrected chi connectivity index (χ2v) is 7.67. The number of benzene rings is 1. The summed E-state index contributed by atoms with van der Waals surface area (Å²) in [5.41, 5.74) is 0.813. The highest BCUT2D eigenvalue weighted by Crippen LogP contribution is 2.37. The predicted octanol–water partition coefficient (Wildman–Crippen LogP) is 3.83. The zero-order valence-corrected chi connectivity index (χ0v) is 15.4. The first-order chi connectivity index (χ1) is 11.9. The number of carbonyl (C=O) groups is 2. The SMILES string of the molecule is Cc1ccc(CN(C(=O)CC2Sc3ccccc3NC2=O)C(C)C)o1. The fourth-order valence-electron chi connectivity index (χ4n) is 2.80. The Bertz CT molecular complexity index is 784. The Morgan fingerprint density at radius 3 is 2.72 bits per heavy atom. The minimum atomic E-state index is -0.415. The van der Waals surface area contributed by atoms with Gasteiger partial charge in [0, 0.05) is 17.4 Å². The number of thioether (sulfide) groups is 1. The van der Waals surface area contributed by atoms with Crippen LogP contribution in [-0.4, -0.2) is 28.0 Å². The number of para-hydroxylation sites is 1. The van der Waals surface area contributed by atoms with E-state index in [1.165, 1.54) is 11.8 Å². The van der Waals surface area contributed by atoms with Crippen molar-refractivity contribution in [2.24, 2.45) is 0 Å². The van der Waals surface area contributed by atoms with E-state index in [2.05, 4.69) is 5.32 Å². The van der Waals surface area contributed by atoms with Gasteiger partial charge in [0.1, 0.15) is 11.5 Å². The summed E-state index contributed by atoms with van der Waals surface area (Å²) >= 11 is 1.45. The van der Waals surface area contributed by atoms with Crippen molar-refractivity contribution in [1.29, 1.82) is 0 Å². The predicted molar refractivity (Wildman–Crippen MR) is 98.5 cm³/mol. The van der Waals surface area contributed by atoms with Crippen LogP contribution in [0.25, 0.3) is 0 Å². The van der Waals surface area contributed by atoms with E-state index in [4.69, 9.17) is 4.42 Å². The highest BCUT2D eigenvalue weighted by molar-refractivity contribution is 8.01. The van der Waals surface area contributed by atoms with Crippen LogP contribution in [0, 0.1) is 6.92 Å². The van der Waals surface area contributed by atoms with Gasteiger partial charge in [-0.15, -0.1) is 11.8 Å². The molecular weight excluding hydrogens is 336 g/mol. The third-order valence-electron chi connectivity index (χ3n) is 4.13. The van der Waals surface area contributed by atoms with Gasteiger partial charge in [-0.05, 0) is 45.0 Å². The molecule has 0 aliphatic carbocycles. The maximum atomic E-state index is 12.8. The number of nitrogens with zero attached hydrogens (tertiary/aromatic N) is 1. The smallest absolute Gasteiger partial charge is 0.238 e. The Hall–Kier alpha value is -2.21. The topological polar surface area (TPSA) is 62.6 Å². The lowest BCUT2D eigenvalue weighted by Gasteiger charge is -2.29. The number of rotatable bonds is 5. The molecule has 132 valence electrons. The molecule has 0 saturated heterocycles. The van der Waals surface area contributed by atoms with Crippen molar-refractivity contribution in [1.82, 2.24) is 4.90 Å². The Morgan fingerprint density at radius 2 is 2.04 bits per heavy atom. The lowest BCUT2D eigenvalue weighted by Crippen LogP contribution is -2.40. The van der Waals surface area contributed by atoms with Gasteiger partial charge < -0.3 is 14.6 Å². The summed E-state index contributed by atoms with van der Waals surface area (Å²) in [6, 6.07) is 11.5. The number of nitrogens with one attached hydrogen (secondary N) is 1. The summed E-state index contributed by atoms with van der Waals surface area (Å²) in [6.45, 7) is 6.24. The summed E-state index contributed by atoms with van der Waals surface area (Å²) < 4.78 is 5.59. The molecule has 3 rings (SSSR count). The van der Waals surface area contributed by atoms with Crippen molar-refractivity contribution in [3.8, 4) is 0 Å². The lowest BCUT2D eigenvalue weighted by atomic mass is 10.2. The van der Waals surface area contributed by atoms with E-state index in [1.807, 2.05) is 57.2 Å². The summed E-state index contributed by atoms with van der Waals surface area (Å²) in [5, 5.41) is 2.47. The molecule has 1 aliphatic rings. The second-order valence-electron chi connectivity index (χ2n) is 6.42. The average molecular weight is 358 g/mol. The molecule has 0 saturated carbocycles. The first-order valence-electron chi connectivity index (χ1n) is 8.35. The molecule has 0 spiro atoms. The van der Waals surface area contributed by atoms with Crippen LogP contribution in [0.2, 0.25) is 0 Å². The van der Waals surface area contributed by atoms with Crippen molar-refractivity contribution in [3.05, 3.63) is 47.9 Å². The third-order valence-corrected chi connectivity index (χ3v) is 5.41. The van der Waals surface area contributed by atoms with Crippen LogP contribution in [0.4, 0.5) is 5.69 Å². The number of amides is 2. The Morgan fingerprint density at radius 1 is 1.28 bits per heavy atom. The van der Waals surface area contributed by atoms with Gasteiger partial charge in [0.2, 0.25) is 11.8 Å². The Kier molecular flexibility index (Phi) is 5.18. The van der Waals surface area contributed by atoms with E-state index >= 15 is 0 Å². The van der Waals surface area contributed by atoms with Gasteiger partial charge in [-0.25, -0.2) is 0 Å². The zero-order valence-electron chi connectivity index (χ0n) is 14.6. The van der Waals surface area contributed by atoms with Gasteiger partial charge in [-0.1, -0.05) is 12.1 Å². The lowest BCUT2D eigenvalue weighted by molar-refractivity contribution is -0.135. The molecule has 1 unspecified atom stereocenters. The average Bonchev–Trinajstić information content (AvgIpc) is 2.98. The molecule has 1 aromatic heterocycles. The van der Waals surface area contributed by atoms with E-state index in [-0.39, 0.29) is 24.3 Å². The molecule has 1 aliphatic heterocycles. The van der Waals surface area contributed by atoms with Gasteiger partial charge in [-0.2, -0.15) is 0 Å². The maximum Gasteiger partial charge on any atom is 0.238 e. The number of anilines is 1. The molecule has 1 aromatic carbocycles. The quantitative estimate of drug-likeness (QED) is 0.882. The fraction of sp³-hybridized carbons (Fsp3) is 0.368. The van der Waals surface area contributed by atoms with Crippen molar-refractivity contribution in [2.75, 3.05) is 5.32 Å². The molecule has 1 N–H and O–H groups in total. The van der Waals surface area contributed by atoms with Crippen molar-refractivity contribution < 1.29 is 14.0 Å². The number of fused-ring (bicyclic) bond motifs is 1. The molecule has 0 fully saturated rings. The van der Waals surface area contributed by atoms with E-state index in [0.717, 1.165) is 22.1 Å². The van der Waals surface area contributed by atoms with Crippen LogP contribution in [0.15, 0.2) is 45.7 Å². The fourth-order valence-corrected chi connectivity index (χ4v) is 3.90. The van der Waals surface area contributed by atoms with Crippen LogP contribution in [0.1, 0.15) is 31.8 Å². The zero-order chi connectivity index (χ0) is 18.0. The number of furan rings is 1. The highest BCUT2D eigenvalue weighted by Gasteiger charge is 2.31. The van der Waals surface area contributed by atoms with E-state index < -0.39 is 5.25 Å². The molecule has 2 aromatic rings. The second kappa shape index (κ2) is 7.35. The van der Waals surface area contributed by atoms with Gasteiger partial charge in [-0.3, -0.25) is 9.59 Å². The molecule has 2 heterocycles. The highest BCUT2D eigenvalue weighted by atomic mass is 32.2. The third kappa shape index (κ3) is 4.07.